The van der Waals surface area contributed by atoms with E-state index in [1.165, 1.54) is 19.3 Å². The molecule has 0 heterocycles. The zero-order valence-electron chi connectivity index (χ0n) is 14.1. The Kier molecular flexibility index (Phi) is 10.3. The monoisotopic (exact) mass is 301 g/mol. The number of hydrogen-bond acceptors (Lipinski definition) is 4. The molecule has 0 radical (unpaired) electrons. The lowest BCUT2D eigenvalue weighted by Crippen LogP contribution is -2.36. The van der Waals surface area contributed by atoms with Gasteiger partial charge < -0.3 is 19.9 Å². The Morgan fingerprint density at radius 2 is 2.05 bits per heavy atom. The van der Waals surface area contributed by atoms with Gasteiger partial charge in [0.25, 0.3) is 0 Å². The quantitative estimate of drug-likeness (QED) is 0.582. The minimum Gasteiger partial charge on any atom is -0.389 e. The molecule has 4 heteroatoms. The molecule has 4 nitrogen and oxygen atoms in total. The van der Waals surface area contributed by atoms with E-state index in [0.717, 1.165) is 32.3 Å². The van der Waals surface area contributed by atoms with Gasteiger partial charge in [0.15, 0.2) is 0 Å². The fourth-order valence-electron chi connectivity index (χ4n) is 2.97. The summed E-state index contributed by atoms with van der Waals surface area (Å²) in [5.74, 6) is 0.641. The number of hydrogen-bond donors (Lipinski definition) is 2. The van der Waals surface area contributed by atoms with Crippen molar-refractivity contribution in [2.75, 3.05) is 26.9 Å². The lowest BCUT2D eigenvalue weighted by atomic mass is 10.0. The predicted molar refractivity (Wildman–Crippen MR) is 86.6 cm³/mol. The molecule has 1 fully saturated rings. The smallest absolute Gasteiger partial charge is 0.0897 e. The van der Waals surface area contributed by atoms with E-state index < -0.39 is 6.10 Å². The molecule has 1 saturated carbocycles. The number of aliphatic hydroxyl groups excluding tert-OH is 1. The highest BCUT2D eigenvalue weighted by Crippen LogP contribution is 2.21. The molecule has 0 aromatic heterocycles. The van der Waals surface area contributed by atoms with Crippen LogP contribution in [0.3, 0.4) is 0 Å². The van der Waals surface area contributed by atoms with Crippen LogP contribution in [-0.2, 0) is 9.47 Å². The molecule has 1 aliphatic carbocycles. The third-order valence-corrected chi connectivity index (χ3v) is 4.57. The Morgan fingerprint density at radius 3 is 2.67 bits per heavy atom. The van der Waals surface area contributed by atoms with Gasteiger partial charge >= 0.3 is 0 Å². The maximum Gasteiger partial charge on any atom is 0.0897 e. The van der Waals surface area contributed by atoms with Crippen LogP contribution in [0, 0.1) is 5.92 Å². The van der Waals surface area contributed by atoms with Crippen LogP contribution >= 0.6 is 0 Å². The third-order valence-electron chi connectivity index (χ3n) is 4.57. The first-order valence-electron chi connectivity index (χ1n) is 8.71. The van der Waals surface area contributed by atoms with Gasteiger partial charge in [0.1, 0.15) is 0 Å². The van der Waals surface area contributed by atoms with Gasteiger partial charge in [-0.1, -0.05) is 33.1 Å². The number of unbranched alkanes of at least 4 members (excludes halogenated alkanes) is 1. The molecule has 0 aliphatic heterocycles. The second-order valence-corrected chi connectivity index (χ2v) is 6.38. The van der Waals surface area contributed by atoms with Crippen molar-refractivity contribution in [2.45, 2.75) is 77.0 Å². The van der Waals surface area contributed by atoms with Crippen molar-refractivity contribution in [3.8, 4) is 0 Å². The molecule has 1 rings (SSSR count). The zero-order chi connectivity index (χ0) is 15.5. The molecule has 0 amide bonds. The topological polar surface area (TPSA) is 50.7 Å². The molecule has 126 valence electrons. The van der Waals surface area contributed by atoms with E-state index in [1.807, 2.05) is 0 Å². The Morgan fingerprint density at radius 1 is 1.24 bits per heavy atom. The molecule has 1 aliphatic rings. The van der Waals surface area contributed by atoms with Gasteiger partial charge in [0.05, 0.1) is 18.8 Å². The maximum atomic E-state index is 9.98. The van der Waals surface area contributed by atoms with Crippen molar-refractivity contribution in [1.82, 2.24) is 5.32 Å². The summed E-state index contributed by atoms with van der Waals surface area (Å²) in [5.41, 5.74) is 0. The SMILES string of the molecule is CCCCC(CC)COCC(O)CNC1CCC(OC)C1. The molecular formula is C17H35NO3. The average molecular weight is 301 g/mol. The summed E-state index contributed by atoms with van der Waals surface area (Å²) in [4.78, 5) is 0. The zero-order valence-corrected chi connectivity index (χ0v) is 14.1. The van der Waals surface area contributed by atoms with Crippen molar-refractivity contribution < 1.29 is 14.6 Å². The fraction of sp³-hybridized carbons (Fsp3) is 1.00. The second kappa shape index (κ2) is 11.4. The Balaban J connectivity index is 2.04. The van der Waals surface area contributed by atoms with E-state index in [9.17, 15) is 5.11 Å². The number of ether oxygens (including phenoxy) is 2. The molecule has 4 atom stereocenters. The first-order chi connectivity index (χ1) is 10.2. The van der Waals surface area contributed by atoms with Gasteiger partial charge in [0, 0.05) is 26.3 Å². The molecule has 0 bridgehead atoms. The number of methoxy groups -OCH3 is 1. The van der Waals surface area contributed by atoms with Gasteiger partial charge in [-0.25, -0.2) is 0 Å². The van der Waals surface area contributed by atoms with Gasteiger partial charge in [-0.05, 0) is 31.6 Å². The van der Waals surface area contributed by atoms with Gasteiger partial charge in [-0.2, -0.15) is 0 Å². The highest BCUT2D eigenvalue weighted by atomic mass is 16.5. The second-order valence-electron chi connectivity index (χ2n) is 6.38. The molecule has 4 unspecified atom stereocenters. The highest BCUT2D eigenvalue weighted by molar-refractivity contribution is 4.81. The van der Waals surface area contributed by atoms with Crippen LogP contribution in [-0.4, -0.2) is 50.2 Å². The lowest BCUT2D eigenvalue weighted by Gasteiger charge is -2.19. The van der Waals surface area contributed by atoms with Crippen LogP contribution in [0.15, 0.2) is 0 Å². The average Bonchev–Trinajstić information content (AvgIpc) is 2.96. The van der Waals surface area contributed by atoms with E-state index in [0.29, 0.717) is 31.2 Å². The standard InChI is InChI=1S/C17H35NO3/c1-4-6-7-14(5-2)12-21-13-16(19)11-18-15-8-9-17(10-15)20-3/h14-19H,4-13H2,1-3H3. The van der Waals surface area contributed by atoms with Gasteiger partial charge in [-0.15, -0.1) is 0 Å². The molecule has 0 aromatic carbocycles. The summed E-state index contributed by atoms with van der Waals surface area (Å²) >= 11 is 0. The Hall–Kier alpha value is -0.160. The minimum absolute atomic E-state index is 0.389. The fourth-order valence-corrected chi connectivity index (χ4v) is 2.97. The maximum absolute atomic E-state index is 9.98. The van der Waals surface area contributed by atoms with Crippen LogP contribution in [0.25, 0.3) is 0 Å². The molecule has 0 aromatic rings. The van der Waals surface area contributed by atoms with Crippen molar-refractivity contribution >= 4 is 0 Å². The molecular weight excluding hydrogens is 266 g/mol. The Bertz CT molecular complexity index is 250. The largest absolute Gasteiger partial charge is 0.389 e. The lowest BCUT2D eigenvalue weighted by molar-refractivity contribution is 0.0181. The number of rotatable bonds is 12. The number of nitrogens with one attached hydrogen (secondary N) is 1. The molecule has 0 spiro atoms. The summed E-state index contributed by atoms with van der Waals surface area (Å²) in [5, 5.41) is 13.4. The van der Waals surface area contributed by atoms with E-state index in [4.69, 9.17) is 9.47 Å². The summed E-state index contributed by atoms with van der Waals surface area (Å²) in [7, 11) is 1.78. The predicted octanol–water partition coefficient (Wildman–Crippen LogP) is 2.74. The first kappa shape index (κ1) is 18.9. The van der Waals surface area contributed by atoms with E-state index in [1.54, 1.807) is 7.11 Å². The highest BCUT2D eigenvalue weighted by Gasteiger charge is 2.24. The van der Waals surface area contributed by atoms with E-state index in [2.05, 4.69) is 19.2 Å². The summed E-state index contributed by atoms with van der Waals surface area (Å²) in [6, 6.07) is 0.484. The third kappa shape index (κ3) is 8.15. The molecule has 21 heavy (non-hydrogen) atoms. The van der Waals surface area contributed by atoms with E-state index >= 15 is 0 Å². The molecule has 2 N–H and O–H groups in total. The van der Waals surface area contributed by atoms with Crippen LogP contribution < -0.4 is 5.32 Å². The van der Waals surface area contributed by atoms with Crippen LogP contribution in [0.5, 0.6) is 0 Å². The normalized spacial score (nSPS) is 25.1. The van der Waals surface area contributed by atoms with Crippen molar-refractivity contribution in [2.24, 2.45) is 5.92 Å². The number of aliphatic hydroxyl groups is 1. The minimum atomic E-state index is -0.407. The van der Waals surface area contributed by atoms with Crippen molar-refractivity contribution in [3.63, 3.8) is 0 Å². The Labute approximate surface area is 130 Å². The summed E-state index contributed by atoms with van der Waals surface area (Å²) in [6.07, 6.45) is 8.21. The summed E-state index contributed by atoms with van der Waals surface area (Å²) < 4.78 is 11.0. The van der Waals surface area contributed by atoms with Gasteiger partial charge in [0.2, 0.25) is 0 Å². The first-order valence-corrected chi connectivity index (χ1v) is 8.71. The van der Waals surface area contributed by atoms with Gasteiger partial charge in [-0.3, -0.25) is 0 Å². The van der Waals surface area contributed by atoms with Crippen LogP contribution in [0.1, 0.15) is 58.8 Å². The van der Waals surface area contributed by atoms with Crippen LogP contribution in [0.4, 0.5) is 0 Å². The van der Waals surface area contributed by atoms with Crippen LogP contribution in [0.2, 0.25) is 0 Å². The molecule has 0 saturated heterocycles. The van der Waals surface area contributed by atoms with Crippen molar-refractivity contribution in [3.05, 3.63) is 0 Å². The van der Waals surface area contributed by atoms with Crippen molar-refractivity contribution in [1.29, 1.82) is 0 Å². The summed E-state index contributed by atoms with van der Waals surface area (Å²) in [6.45, 7) is 6.28. The van der Waals surface area contributed by atoms with E-state index in [-0.39, 0.29) is 0 Å².